The van der Waals surface area contributed by atoms with Crippen molar-refractivity contribution in [1.82, 2.24) is 15.1 Å². The Kier molecular flexibility index (Phi) is 2.98. The number of aromatic nitrogens is 2. The minimum absolute atomic E-state index is 0.126. The Morgan fingerprint density at radius 1 is 1.48 bits per heavy atom. The number of nitrogens with zero attached hydrogens (tertiary/aromatic N) is 2. The second-order valence-electron chi connectivity index (χ2n) is 4.98. The van der Waals surface area contributed by atoms with Gasteiger partial charge in [0, 0.05) is 18.9 Å². The zero-order chi connectivity index (χ0) is 15.1. The van der Waals surface area contributed by atoms with Crippen LogP contribution in [0.2, 0.25) is 0 Å². The first-order chi connectivity index (χ1) is 10.0. The highest BCUT2D eigenvalue weighted by Gasteiger charge is 2.32. The largest absolute Gasteiger partial charge is 0.296 e. The molecule has 0 aliphatic carbocycles. The third-order valence-corrected chi connectivity index (χ3v) is 3.70. The average molecular weight is 285 g/mol. The van der Waals surface area contributed by atoms with Gasteiger partial charge in [0.25, 0.3) is 0 Å². The number of hydrogen-bond acceptors (Lipinski definition) is 3. The van der Waals surface area contributed by atoms with Crippen LogP contribution in [0.5, 0.6) is 0 Å². The van der Waals surface area contributed by atoms with Gasteiger partial charge in [-0.25, -0.2) is 4.39 Å². The van der Waals surface area contributed by atoms with Gasteiger partial charge in [-0.1, -0.05) is 5.92 Å². The fraction of sp³-hybridized carbons (Fsp3) is 0.267. The molecular formula is C15H12FN3O2. The van der Waals surface area contributed by atoms with E-state index in [0.29, 0.717) is 23.0 Å². The van der Waals surface area contributed by atoms with Crippen molar-refractivity contribution in [3.05, 3.63) is 29.2 Å². The molecule has 0 radical (unpaired) electrons. The van der Waals surface area contributed by atoms with Crippen molar-refractivity contribution >= 4 is 22.7 Å². The second-order valence-corrected chi connectivity index (χ2v) is 4.98. The Hall–Kier alpha value is -2.68. The second kappa shape index (κ2) is 4.70. The van der Waals surface area contributed by atoms with Gasteiger partial charge < -0.3 is 0 Å². The van der Waals surface area contributed by atoms with Gasteiger partial charge in [0.2, 0.25) is 11.8 Å². The third kappa shape index (κ3) is 1.98. The van der Waals surface area contributed by atoms with Crippen LogP contribution in [-0.2, 0) is 16.6 Å². The fourth-order valence-corrected chi connectivity index (χ4v) is 2.72. The molecule has 1 aromatic heterocycles. The number of piperidine rings is 1. The summed E-state index contributed by atoms with van der Waals surface area (Å²) in [7, 11) is 1.65. The number of benzene rings is 1. The van der Waals surface area contributed by atoms with Gasteiger partial charge in [-0.05, 0) is 18.6 Å². The molecule has 21 heavy (non-hydrogen) atoms. The van der Waals surface area contributed by atoms with E-state index in [1.165, 1.54) is 10.7 Å². The first-order valence-corrected chi connectivity index (χ1v) is 6.48. The molecule has 2 amide bonds. The molecule has 106 valence electrons. The number of terminal acetylenes is 1. The van der Waals surface area contributed by atoms with Crippen LogP contribution in [0, 0.1) is 18.2 Å². The molecule has 1 unspecified atom stereocenters. The fourth-order valence-electron chi connectivity index (χ4n) is 2.72. The van der Waals surface area contributed by atoms with Crippen LogP contribution in [0.4, 0.5) is 4.39 Å². The molecule has 0 saturated carbocycles. The summed E-state index contributed by atoms with van der Waals surface area (Å²) in [5.74, 6) is 0.638. The highest BCUT2D eigenvalue weighted by molar-refractivity contribution is 6.02. The average Bonchev–Trinajstić information content (AvgIpc) is 2.76. The molecular weight excluding hydrogens is 273 g/mol. The minimum Gasteiger partial charge on any atom is -0.296 e. The van der Waals surface area contributed by atoms with E-state index >= 15 is 0 Å². The van der Waals surface area contributed by atoms with Crippen molar-refractivity contribution in [3.8, 4) is 12.3 Å². The molecule has 1 aromatic carbocycles. The van der Waals surface area contributed by atoms with E-state index < -0.39 is 11.7 Å². The van der Waals surface area contributed by atoms with Crippen molar-refractivity contribution in [2.45, 2.75) is 18.8 Å². The summed E-state index contributed by atoms with van der Waals surface area (Å²) >= 11 is 0. The molecule has 1 aliphatic rings. The van der Waals surface area contributed by atoms with E-state index in [2.05, 4.69) is 16.3 Å². The van der Waals surface area contributed by atoms with Crippen molar-refractivity contribution in [1.29, 1.82) is 0 Å². The molecule has 1 N–H and O–H groups in total. The maximum atomic E-state index is 13.8. The third-order valence-electron chi connectivity index (χ3n) is 3.70. The number of aryl methyl sites for hydroxylation is 1. The van der Waals surface area contributed by atoms with Gasteiger partial charge in [0.05, 0.1) is 22.7 Å². The van der Waals surface area contributed by atoms with Crippen LogP contribution >= 0.6 is 0 Å². The van der Waals surface area contributed by atoms with Gasteiger partial charge >= 0.3 is 0 Å². The summed E-state index contributed by atoms with van der Waals surface area (Å²) in [4.78, 5) is 23.2. The lowest BCUT2D eigenvalue weighted by molar-refractivity contribution is -0.134. The van der Waals surface area contributed by atoms with Crippen LogP contribution in [0.15, 0.2) is 12.1 Å². The van der Waals surface area contributed by atoms with Crippen LogP contribution in [0.25, 0.3) is 10.9 Å². The Labute approximate surface area is 120 Å². The van der Waals surface area contributed by atoms with Crippen molar-refractivity contribution in [3.63, 3.8) is 0 Å². The molecule has 5 nitrogen and oxygen atoms in total. The zero-order valence-electron chi connectivity index (χ0n) is 11.3. The summed E-state index contributed by atoms with van der Waals surface area (Å²) in [6.45, 7) is 0. The number of halogens is 1. The van der Waals surface area contributed by atoms with Gasteiger partial charge in [0.1, 0.15) is 5.82 Å². The summed E-state index contributed by atoms with van der Waals surface area (Å²) in [5.41, 5.74) is 1.13. The number of hydrogen-bond donors (Lipinski definition) is 1. The van der Waals surface area contributed by atoms with E-state index in [9.17, 15) is 14.0 Å². The Morgan fingerprint density at radius 2 is 2.24 bits per heavy atom. The lowest BCUT2D eigenvalue weighted by Gasteiger charge is -2.19. The van der Waals surface area contributed by atoms with Crippen LogP contribution < -0.4 is 5.32 Å². The number of rotatable bonds is 1. The van der Waals surface area contributed by atoms with Gasteiger partial charge in [-0.2, -0.15) is 5.10 Å². The topological polar surface area (TPSA) is 64.0 Å². The normalized spacial score (nSPS) is 18.6. The van der Waals surface area contributed by atoms with Crippen LogP contribution in [-0.4, -0.2) is 21.6 Å². The van der Waals surface area contributed by atoms with E-state index in [1.807, 2.05) is 0 Å². The van der Waals surface area contributed by atoms with Crippen molar-refractivity contribution in [2.24, 2.45) is 7.05 Å². The standard InChI is InChI=1S/C15H12FN3O2/c1-3-8-11(16)6-4-9-13(18-19(2)14(8)9)10-5-7-12(20)17-15(10)21/h1,4,6,10H,5,7H2,2H3,(H,17,20,21). The quantitative estimate of drug-likeness (QED) is 0.633. The van der Waals surface area contributed by atoms with E-state index in [0.717, 1.165) is 0 Å². The SMILES string of the molecule is C#Cc1c(F)ccc2c(C3CCC(=O)NC3=O)nn(C)c12. The highest BCUT2D eigenvalue weighted by Crippen LogP contribution is 2.32. The smallest absolute Gasteiger partial charge is 0.235 e. The first-order valence-electron chi connectivity index (χ1n) is 6.48. The number of amides is 2. The highest BCUT2D eigenvalue weighted by atomic mass is 19.1. The minimum atomic E-state index is -0.525. The molecule has 3 rings (SSSR count). The Bertz CT molecular complexity index is 816. The molecule has 1 saturated heterocycles. The number of fused-ring (bicyclic) bond motifs is 1. The molecule has 1 aliphatic heterocycles. The lowest BCUT2D eigenvalue weighted by Crippen LogP contribution is -2.39. The maximum absolute atomic E-state index is 13.8. The number of imide groups is 1. The monoisotopic (exact) mass is 285 g/mol. The molecule has 2 aromatic rings. The van der Waals surface area contributed by atoms with Gasteiger partial charge in [-0.3, -0.25) is 19.6 Å². The summed E-state index contributed by atoms with van der Waals surface area (Å²) in [6.07, 6.45) is 6.01. The molecule has 2 heterocycles. The van der Waals surface area contributed by atoms with E-state index in [-0.39, 0.29) is 23.8 Å². The molecule has 1 atom stereocenters. The number of carbonyl (C=O) groups excluding carboxylic acids is 2. The molecule has 0 bridgehead atoms. The van der Waals surface area contributed by atoms with Gasteiger partial charge in [-0.15, -0.1) is 6.42 Å². The summed E-state index contributed by atoms with van der Waals surface area (Å²) in [6, 6.07) is 2.84. The van der Waals surface area contributed by atoms with Crippen molar-refractivity contribution in [2.75, 3.05) is 0 Å². The lowest BCUT2D eigenvalue weighted by atomic mass is 9.92. The molecule has 6 heteroatoms. The zero-order valence-corrected chi connectivity index (χ0v) is 11.3. The number of carbonyl (C=O) groups is 2. The maximum Gasteiger partial charge on any atom is 0.235 e. The predicted octanol–water partition coefficient (Wildman–Crippen LogP) is 1.21. The Morgan fingerprint density at radius 3 is 2.90 bits per heavy atom. The van der Waals surface area contributed by atoms with Crippen LogP contribution in [0.3, 0.4) is 0 Å². The first kappa shape index (κ1) is 13.3. The van der Waals surface area contributed by atoms with Gasteiger partial charge in [0.15, 0.2) is 0 Å². The summed E-state index contributed by atoms with van der Waals surface area (Å²) < 4.78 is 15.3. The summed E-state index contributed by atoms with van der Waals surface area (Å²) in [5, 5.41) is 7.26. The van der Waals surface area contributed by atoms with Crippen LogP contribution in [0.1, 0.15) is 30.0 Å². The molecule has 1 fully saturated rings. The van der Waals surface area contributed by atoms with E-state index in [4.69, 9.17) is 6.42 Å². The van der Waals surface area contributed by atoms with E-state index in [1.54, 1.807) is 13.1 Å². The number of nitrogens with one attached hydrogen (secondary N) is 1. The van der Waals surface area contributed by atoms with Crippen molar-refractivity contribution < 1.29 is 14.0 Å². The predicted molar refractivity (Wildman–Crippen MR) is 73.7 cm³/mol. The molecule has 0 spiro atoms. The Balaban J connectivity index is 2.20.